The molecule has 3 N–H and O–H groups in total. The summed E-state index contributed by atoms with van der Waals surface area (Å²) in [5.41, 5.74) is 0.255. The van der Waals surface area contributed by atoms with Gasteiger partial charge in [0.15, 0.2) is 15.5 Å². The Bertz CT molecular complexity index is 1380. The van der Waals surface area contributed by atoms with Crippen LogP contribution in [0.15, 0.2) is 59.8 Å². The summed E-state index contributed by atoms with van der Waals surface area (Å²) in [7, 11) is -3.52. The summed E-state index contributed by atoms with van der Waals surface area (Å²) in [6.45, 7) is 1.99. The minimum absolute atomic E-state index is 0. The Labute approximate surface area is 225 Å². The van der Waals surface area contributed by atoms with Crippen LogP contribution in [0, 0.1) is 5.92 Å². The summed E-state index contributed by atoms with van der Waals surface area (Å²) in [4.78, 5) is 34.2. The molecular formula is C24H25Cl2N5O5S. The monoisotopic (exact) mass is 565 g/mol. The van der Waals surface area contributed by atoms with Crippen LogP contribution in [0.4, 0.5) is 11.5 Å². The van der Waals surface area contributed by atoms with Gasteiger partial charge in [-0.15, -0.1) is 12.4 Å². The summed E-state index contributed by atoms with van der Waals surface area (Å²) in [5, 5.41) is 8.95. The number of hydrogen-bond donors (Lipinski definition) is 3. The largest absolute Gasteiger partial charge is 0.492 e. The number of rotatable bonds is 8. The first kappa shape index (κ1) is 28.3. The van der Waals surface area contributed by atoms with Crippen molar-refractivity contribution in [2.75, 3.05) is 36.6 Å². The zero-order valence-electron chi connectivity index (χ0n) is 19.7. The highest BCUT2D eigenvalue weighted by molar-refractivity contribution is 7.90. The molecular weight excluding hydrogens is 541 g/mol. The van der Waals surface area contributed by atoms with Gasteiger partial charge in [-0.1, -0.05) is 11.6 Å². The fourth-order valence-electron chi connectivity index (χ4n) is 3.61. The molecule has 1 aliphatic heterocycles. The topological polar surface area (TPSA) is 139 Å². The van der Waals surface area contributed by atoms with Crippen LogP contribution < -0.4 is 20.7 Å². The van der Waals surface area contributed by atoms with E-state index in [1.54, 1.807) is 12.1 Å². The van der Waals surface area contributed by atoms with Crippen molar-refractivity contribution in [2.45, 2.75) is 11.3 Å². The lowest BCUT2D eigenvalue weighted by atomic mass is 10.1. The smallest absolute Gasteiger partial charge is 0.277 e. The Morgan fingerprint density at radius 3 is 2.62 bits per heavy atom. The van der Waals surface area contributed by atoms with E-state index < -0.39 is 21.7 Å². The maximum Gasteiger partial charge on any atom is 0.277 e. The quantitative estimate of drug-likeness (QED) is 0.377. The molecule has 3 aromatic rings. The fourth-order valence-corrected chi connectivity index (χ4v) is 4.35. The molecule has 2 aromatic heterocycles. The fraction of sp³-hybridized carbons (Fsp3) is 0.250. The lowest BCUT2D eigenvalue weighted by molar-refractivity contribution is 0.102. The Balaban J connectivity index is 0.00000380. The SMILES string of the molecule is CS(=O)(=O)c1ccc(C(=O)Nc2cccnc2C(=O)Nc2ccc(Cl)cn2)c(OCC2CCNC2)c1.Cl. The number of sulfone groups is 1. The van der Waals surface area contributed by atoms with Gasteiger partial charge in [0.1, 0.15) is 11.6 Å². The molecule has 0 bridgehead atoms. The van der Waals surface area contributed by atoms with Gasteiger partial charge in [-0.05, 0) is 55.4 Å². The molecule has 1 saturated heterocycles. The molecule has 3 heterocycles. The van der Waals surface area contributed by atoms with E-state index >= 15 is 0 Å². The predicted molar refractivity (Wildman–Crippen MR) is 143 cm³/mol. The van der Waals surface area contributed by atoms with Crippen LogP contribution in [0.3, 0.4) is 0 Å². The number of ether oxygens (including phenoxy) is 1. The van der Waals surface area contributed by atoms with Crippen LogP contribution in [0.1, 0.15) is 27.3 Å². The highest BCUT2D eigenvalue weighted by Gasteiger charge is 2.22. The second-order valence-corrected chi connectivity index (χ2v) is 10.7. The van der Waals surface area contributed by atoms with E-state index in [0.29, 0.717) is 11.6 Å². The first-order valence-corrected chi connectivity index (χ1v) is 13.3. The second-order valence-electron chi connectivity index (χ2n) is 8.27. The molecule has 196 valence electrons. The van der Waals surface area contributed by atoms with Gasteiger partial charge in [0.05, 0.1) is 27.8 Å². The lowest BCUT2D eigenvalue weighted by Crippen LogP contribution is -2.21. The minimum Gasteiger partial charge on any atom is -0.492 e. The van der Waals surface area contributed by atoms with Crippen LogP contribution in [0.2, 0.25) is 5.02 Å². The van der Waals surface area contributed by atoms with E-state index in [-0.39, 0.29) is 51.7 Å². The minimum atomic E-state index is -3.52. The first-order valence-electron chi connectivity index (χ1n) is 11.1. The number of hydrogen-bond acceptors (Lipinski definition) is 8. The van der Waals surface area contributed by atoms with E-state index in [9.17, 15) is 18.0 Å². The summed E-state index contributed by atoms with van der Waals surface area (Å²) in [5.74, 6) is -0.513. The molecule has 2 amide bonds. The molecule has 1 aliphatic rings. The van der Waals surface area contributed by atoms with Gasteiger partial charge in [0.2, 0.25) is 0 Å². The van der Waals surface area contributed by atoms with Crippen LogP contribution in [-0.4, -0.2) is 56.2 Å². The number of nitrogens with one attached hydrogen (secondary N) is 3. The normalized spacial score (nSPS) is 14.9. The number of halogens is 2. The zero-order chi connectivity index (χ0) is 25.7. The number of carbonyl (C=O) groups excluding carboxylic acids is 2. The number of pyridine rings is 2. The van der Waals surface area contributed by atoms with Gasteiger partial charge in [-0.3, -0.25) is 9.59 Å². The average Bonchev–Trinajstić information content (AvgIpc) is 3.37. The molecule has 0 aliphatic carbocycles. The summed E-state index contributed by atoms with van der Waals surface area (Å²) in [6.07, 6.45) is 4.82. The molecule has 37 heavy (non-hydrogen) atoms. The number of benzene rings is 1. The van der Waals surface area contributed by atoms with Gasteiger partial charge in [0, 0.05) is 31.1 Å². The summed E-state index contributed by atoms with van der Waals surface area (Å²) < 4.78 is 30.1. The molecule has 1 aromatic carbocycles. The van der Waals surface area contributed by atoms with Crippen molar-refractivity contribution >= 4 is 57.2 Å². The number of aromatic nitrogens is 2. The van der Waals surface area contributed by atoms with E-state index in [2.05, 4.69) is 25.9 Å². The Kier molecular flexibility index (Phi) is 9.44. The standard InChI is InChI=1S/C24H24ClN5O5S.ClH/c1-36(33,34)17-5-6-18(20(11-17)35-14-15-8-10-26-12-15)23(31)29-19-3-2-9-27-22(19)24(32)30-21-7-4-16(25)13-28-21;/h2-7,9,11,13,15,26H,8,10,12,14H2,1H3,(H,29,31)(H,28,30,32);1H. The van der Waals surface area contributed by atoms with Gasteiger partial charge >= 0.3 is 0 Å². The van der Waals surface area contributed by atoms with E-state index in [0.717, 1.165) is 25.8 Å². The van der Waals surface area contributed by atoms with Crippen molar-refractivity contribution in [3.8, 4) is 5.75 Å². The van der Waals surface area contributed by atoms with Crippen LogP contribution in [-0.2, 0) is 9.84 Å². The van der Waals surface area contributed by atoms with Crippen molar-refractivity contribution in [3.05, 3.63) is 71.1 Å². The maximum absolute atomic E-state index is 13.2. The highest BCUT2D eigenvalue weighted by atomic mass is 35.5. The van der Waals surface area contributed by atoms with Crippen molar-refractivity contribution in [3.63, 3.8) is 0 Å². The third-order valence-corrected chi connectivity index (χ3v) is 6.84. The molecule has 1 atom stereocenters. The molecule has 0 radical (unpaired) electrons. The first-order chi connectivity index (χ1) is 17.2. The Morgan fingerprint density at radius 1 is 1.14 bits per heavy atom. The average molecular weight is 566 g/mol. The summed E-state index contributed by atoms with van der Waals surface area (Å²) >= 11 is 5.83. The predicted octanol–water partition coefficient (Wildman–Crippen LogP) is 3.45. The molecule has 0 spiro atoms. The van der Waals surface area contributed by atoms with Crippen LogP contribution in [0.25, 0.3) is 0 Å². The maximum atomic E-state index is 13.2. The lowest BCUT2D eigenvalue weighted by Gasteiger charge is -2.16. The molecule has 0 saturated carbocycles. The highest BCUT2D eigenvalue weighted by Crippen LogP contribution is 2.26. The van der Waals surface area contributed by atoms with Crippen molar-refractivity contribution in [1.29, 1.82) is 0 Å². The number of carbonyl (C=O) groups is 2. The van der Waals surface area contributed by atoms with Crippen molar-refractivity contribution < 1.29 is 22.7 Å². The van der Waals surface area contributed by atoms with Crippen LogP contribution in [0.5, 0.6) is 5.75 Å². The Morgan fingerprint density at radius 2 is 1.95 bits per heavy atom. The zero-order valence-corrected chi connectivity index (χ0v) is 22.1. The molecule has 1 fully saturated rings. The van der Waals surface area contributed by atoms with E-state index in [1.165, 1.54) is 42.7 Å². The van der Waals surface area contributed by atoms with E-state index in [1.807, 2.05) is 0 Å². The van der Waals surface area contributed by atoms with Crippen molar-refractivity contribution in [2.24, 2.45) is 5.92 Å². The van der Waals surface area contributed by atoms with Crippen LogP contribution >= 0.6 is 24.0 Å². The summed E-state index contributed by atoms with van der Waals surface area (Å²) in [6, 6.07) is 10.3. The Hall–Kier alpha value is -3.25. The molecule has 4 rings (SSSR count). The van der Waals surface area contributed by atoms with E-state index in [4.69, 9.17) is 16.3 Å². The molecule has 1 unspecified atom stereocenters. The van der Waals surface area contributed by atoms with Crippen molar-refractivity contribution in [1.82, 2.24) is 15.3 Å². The van der Waals surface area contributed by atoms with Gasteiger partial charge in [0.25, 0.3) is 11.8 Å². The number of anilines is 2. The second kappa shape index (κ2) is 12.3. The third kappa shape index (κ3) is 7.39. The number of amides is 2. The molecule has 13 heteroatoms. The number of nitrogens with zero attached hydrogens (tertiary/aromatic N) is 2. The van der Waals surface area contributed by atoms with Gasteiger partial charge in [-0.25, -0.2) is 18.4 Å². The van der Waals surface area contributed by atoms with Gasteiger partial charge < -0.3 is 20.7 Å². The van der Waals surface area contributed by atoms with Gasteiger partial charge in [-0.2, -0.15) is 0 Å². The molecule has 10 nitrogen and oxygen atoms in total. The third-order valence-electron chi connectivity index (χ3n) is 5.50.